The lowest BCUT2D eigenvalue weighted by molar-refractivity contribution is -0.118. The fraction of sp³-hybridized carbons (Fsp3) is 0.115. The Morgan fingerprint density at radius 3 is 2.15 bits per heavy atom. The van der Waals surface area contributed by atoms with Crippen molar-refractivity contribution in [2.24, 2.45) is 0 Å². The maximum atomic E-state index is 12.6. The first-order valence-electron chi connectivity index (χ1n) is 10.4. The molecule has 0 aliphatic carbocycles. The van der Waals surface area contributed by atoms with Crippen LogP contribution >= 0.6 is 0 Å². The second-order valence-electron chi connectivity index (χ2n) is 7.52. The highest BCUT2D eigenvalue weighted by Crippen LogP contribution is 2.24. The topological polar surface area (TPSA) is 85.6 Å². The third kappa shape index (κ3) is 5.70. The predicted molar refractivity (Wildman–Crippen MR) is 125 cm³/mol. The van der Waals surface area contributed by atoms with Crippen LogP contribution < -0.4 is 9.46 Å². The third-order valence-corrected chi connectivity index (χ3v) is 6.30. The molecule has 0 radical (unpaired) electrons. The molecule has 1 heterocycles. The molecular weight excluding hydrogens is 438 g/mol. The number of amides is 1. The Hall–Kier alpha value is -3.84. The average Bonchev–Trinajstić information content (AvgIpc) is 3.20. The number of furan rings is 1. The molecule has 33 heavy (non-hydrogen) atoms. The summed E-state index contributed by atoms with van der Waals surface area (Å²) in [5.74, 6) is 0.425. The van der Waals surface area contributed by atoms with Gasteiger partial charge in [0.25, 0.3) is 10.0 Å². The molecule has 0 unspecified atom stereocenters. The Morgan fingerprint density at radius 2 is 1.48 bits per heavy atom. The number of sulfonamides is 1. The molecule has 0 bridgehead atoms. The van der Waals surface area contributed by atoms with Gasteiger partial charge in [-0.25, -0.2) is 4.72 Å². The van der Waals surface area contributed by atoms with Crippen LogP contribution in [0.4, 0.5) is 0 Å². The molecule has 1 aromatic heterocycles. The van der Waals surface area contributed by atoms with Gasteiger partial charge in [0.2, 0.25) is 11.0 Å². The summed E-state index contributed by atoms with van der Waals surface area (Å²) in [6, 6.07) is 27.9. The van der Waals surface area contributed by atoms with Gasteiger partial charge < -0.3 is 9.15 Å². The number of carbonyl (C=O) groups excluding carboxylic acids is 1. The summed E-state index contributed by atoms with van der Waals surface area (Å²) in [5, 5.41) is -0.320. The summed E-state index contributed by atoms with van der Waals surface area (Å²) in [7, 11) is -4.12. The van der Waals surface area contributed by atoms with E-state index < -0.39 is 15.9 Å². The van der Waals surface area contributed by atoms with Gasteiger partial charge >= 0.3 is 0 Å². The monoisotopic (exact) mass is 461 g/mol. The molecule has 1 amide bonds. The number of ether oxygens (including phenoxy) is 1. The van der Waals surface area contributed by atoms with Crippen molar-refractivity contribution in [2.75, 3.05) is 0 Å². The Bertz CT molecular complexity index is 1330. The SMILES string of the molecule is Cc1oc(S(=O)(=O)NC(=O)Cc2ccccc2)cc1COc1ccc(-c2ccccc2)cc1. The van der Waals surface area contributed by atoms with Crippen LogP contribution in [-0.4, -0.2) is 14.3 Å². The largest absolute Gasteiger partial charge is 0.489 e. The molecule has 3 aromatic carbocycles. The van der Waals surface area contributed by atoms with E-state index in [1.54, 1.807) is 31.2 Å². The number of aryl methyl sites for hydroxylation is 1. The van der Waals surface area contributed by atoms with Crippen LogP contribution in [-0.2, 0) is 27.8 Å². The van der Waals surface area contributed by atoms with E-state index in [9.17, 15) is 13.2 Å². The summed E-state index contributed by atoms with van der Waals surface area (Å²) in [6.07, 6.45) is -0.0469. The van der Waals surface area contributed by atoms with E-state index in [-0.39, 0.29) is 18.1 Å². The van der Waals surface area contributed by atoms with Crippen molar-refractivity contribution < 1.29 is 22.4 Å². The Morgan fingerprint density at radius 1 is 0.879 bits per heavy atom. The van der Waals surface area contributed by atoms with E-state index in [1.807, 2.05) is 60.7 Å². The number of rotatable bonds is 8. The van der Waals surface area contributed by atoms with Gasteiger partial charge in [0, 0.05) is 11.6 Å². The van der Waals surface area contributed by atoms with E-state index in [0.717, 1.165) is 11.1 Å². The summed E-state index contributed by atoms with van der Waals surface area (Å²) < 4.78 is 38.4. The van der Waals surface area contributed by atoms with Crippen molar-refractivity contribution in [2.45, 2.75) is 25.0 Å². The molecule has 4 aromatic rings. The van der Waals surface area contributed by atoms with Crippen LogP contribution in [0.5, 0.6) is 5.75 Å². The minimum atomic E-state index is -4.12. The first-order chi connectivity index (χ1) is 15.9. The lowest BCUT2D eigenvalue weighted by Crippen LogP contribution is -2.31. The van der Waals surface area contributed by atoms with E-state index in [1.165, 1.54) is 6.07 Å². The van der Waals surface area contributed by atoms with Crippen molar-refractivity contribution >= 4 is 15.9 Å². The highest BCUT2D eigenvalue weighted by molar-refractivity contribution is 7.89. The number of benzene rings is 3. The van der Waals surface area contributed by atoms with E-state index >= 15 is 0 Å². The minimum Gasteiger partial charge on any atom is -0.489 e. The fourth-order valence-corrected chi connectivity index (χ4v) is 4.32. The van der Waals surface area contributed by atoms with Gasteiger partial charge in [-0.05, 0) is 35.7 Å². The Labute approximate surface area is 192 Å². The smallest absolute Gasteiger partial charge is 0.297 e. The predicted octanol–water partition coefficient (Wildman–Crippen LogP) is 4.88. The zero-order chi connectivity index (χ0) is 23.3. The van der Waals surface area contributed by atoms with Crippen molar-refractivity contribution in [3.63, 3.8) is 0 Å². The summed E-state index contributed by atoms with van der Waals surface area (Å²) >= 11 is 0. The van der Waals surface area contributed by atoms with Gasteiger partial charge in [0.15, 0.2) is 0 Å². The first kappa shape index (κ1) is 22.4. The van der Waals surface area contributed by atoms with Gasteiger partial charge in [0.1, 0.15) is 18.1 Å². The molecule has 6 nitrogen and oxygen atoms in total. The van der Waals surface area contributed by atoms with Crippen LogP contribution in [0.1, 0.15) is 16.9 Å². The minimum absolute atomic E-state index is 0.0469. The second-order valence-corrected chi connectivity index (χ2v) is 9.13. The van der Waals surface area contributed by atoms with E-state index in [4.69, 9.17) is 9.15 Å². The van der Waals surface area contributed by atoms with E-state index in [2.05, 4.69) is 4.72 Å². The Balaban J connectivity index is 1.39. The standard InChI is InChI=1S/C26H23NO5S/c1-19-23(18-31-24-14-12-22(13-15-24)21-10-6-3-7-11-21)17-26(32-19)33(29,30)27-25(28)16-20-8-4-2-5-9-20/h2-15,17H,16,18H2,1H3,(H,27,28). The van der Waals surface area contributed by atoms with Crippen LogP contribution in [0.15, 0.2) is 101 Å². The van der Waals surface area contributed by atoms with Crippen LogP contribution in [0.25, 0.3) is 11.1 Å². The fourth-order valence-electron chi connectivity index (χ4n) is 3.32. The second kappa shape index (κ2) is 9.75. The van der Waals surface area contributed by atoms with Crippen molar-refractivity contribution in [3.8, 4) is 16.9 Å². The van der Waals surface area contributed by atoms with Crippen molar-refractivity contribution in [1.29, 1.82) is 0 Å². The molecule has 1 N–H and O–H groups in total. The van der Waals surface area contributed by atoms with Gasteiger partial charge in [-0.3, -0.25) is 4.79 Å². The molecule has 168 valence electrons. The molecular formula is C26H23NO5S. The third-order valence-electron chi connectivity index (χ3n) is 5.07. The molecule has 0 fully saturated rings. The van der Waals surface area contributed by atoms with Crippen LogP contribution in [0, 0.1) is 6.92 Å². The normalized spacial score (nSPS) is 11.2. The quantitative estimate of drug-likeness (QED) is 0.404. The summed E-state index contributed by atoms with van der Waals surface area (Å²) in [5.41, 5.74) is 3.48. The van der Waals surface area contributed by atoms with Crippen LogP contribution in [0.2, 0.25) is 0 Å². The molecule has 4 rings (SSSR count). The van der Waals surface area contributed by atoms with Crippen LogP contribution in [0.3, 0.4) is 0 Å². The summed E-state index contributed by atoms with van der Waals surface area (Å²) in [6.45, 7) is 1.79. The number of carbonyl (C=O) groups is 1. The van der Waals surface area contributed by atoms with Gasteiger partial charge in [0.05, 0.1) is 6.42 Å². The highest BCUT2D eigenvalue weighted by atomic mass is 32.2. The molecule has 7 heteroatoms. The average molecular weight is 462 g/mol. The highest BCUT2D eigenvalue weighted by Gasteiger charge is 2.23. The van der Waals surface area contributed by atoms with Gasteiger partial charge in [-0.2, -0.15) is 8.42 Å². The molecule has 0 spiro atoms. The van der Waals surface area contributed by atoms with Crippen molar-refractivity contribution in [1.82, 2.24) is 4.72 Å². The first-order valence-corrected chi connectivity index (χ1v) is 11.9. The Kier molecular flexibility index (Phi) is 6.60. The molecule has 0 aliphatic heterocycles. The lowest BCUT2D eigenvalue weighted by atomic mass is 10.1. The molecule has 0 atom stereocenters. The number of nitrogens with one attached hydrogen (secondary N) is 1. The van der Waals surface area contributed by atoms with Gasteiger partial charge in [-0.1, -0.05) is 72.8 Å². The summed E-state index contributed by atoms with van der Waals surface area (Å²) in [4.78, 5) is 12.2. The molecule has 0 aliphatic rings. The maximum absolute atomic E-state index is 12.6. The zero-order valence-corrected chi connectivity index (χ0v) is 18.8. The van der Waals surface area contributed by atoms with Crippen molar-refractivity contribution in [3.05, 3.63) is 108 Å². The number of hydrogen-bond donors (Lipinski definition) is 1. The zero-order valence-electron chi connectivity index (χ0n) is 18.0. The molecule has 0 saturated heterocycles. The molecule has 0 saturated carbocycles. The lowest BCUT2D eigenvalue weighted by Gasteiger charge is -2.07. The van der Waals surface area contributed by atoms with Gasteiger partial charge in [-0.15, -0.1) is 0 Å². The maximum Gasteiger partial charge on any atom is 0.297 e. The number of hydrogen-bond acceptors (Lipinski definition) is 5. The van der Waals surface area contributed by atoms with E-state index in [0.29, 0.717) is 22.6 Å².